The molecule has 0 bridgehead atoms. The van der Waals surface area contributed by atoms with Gasteiger partial charge in [0.2, 0.25) is 0 Å². The van der Waals surface area contributed by atoms with Crippen LogP contribution in [0.1, 0.15) is 12.5 Å². The number of ether oxygens (including phenoxy) is 2. The third-order valence-electron chi connectivity index (χ3n) is 3.63. The highest BCUT2D eigenvalue weighted by atomic mass is 16.6. The highest BCUT2D eigenvalue weighted by Gasteiger charge is 2.28. The monoisotopic (exact) mass is 375 g/mol. The highest BCUT2D eigenvalue weighted by molar-refractivity contribution is 5.93. The molecule has 0 aliphatic carbocycles. The van der Waals surface area contributed by atoms with Gasteiger partial charge >= 0.3 is 11.4 Å². The van der Waals surface area contributed by atoms with Gasteiger partial charge in [0.25, 0.3) is 11.7 Å². The molecular weight excluding hydrogens is 358 g/mol. The van der Waals surface area contributed by atoms with Gasteiger partial charge in [-0.1, -0.05) is 19.1 Å². The maximum atomic E-state index is 12.0. The van der Waals surface area contributed by atoms with E-state index >= 15 is 0 Å². The number of rotatable bonds is 8. The minimum atomic E-state index is -0.826. The molecule has 0 fully saturated rings. The van der Waals surface area contributed by atoms with Gasteiger partial charge in [0, 0.05) is 12.1 Å². The van der Waals surface area contributed by atoms with Crippen LogP contribution >= 0.6 is 0 Å². The summed E-state index contributed by atoms with van der Waals surface area (Å²) in [6.45, 7) is 1.65. The molecular formula is C17H17N3O7. The van der Waals surface area contributed by atoms with Crippen molar-refractivity contribution in [1.82, 2.24) is 0 Å². The summed E-state index contributed by atoms with van der Waals surface area (Å²) in [5, 5.41) is 24.6. The molecule has 1 N–H and O–H groups in total. The van der Waals surface area contributed by atoms with E-state index in [0.29, 0.717) is 5.75 Å². The summed E-state index contributed by atoms with van der Waals surface area (Å²) in [4.78, 5) is 32.6. The normalized spacial score (nSPS) is 10.1. The van der Waals surface area contributed by atoms with Gasteiger partial charge in [0.1, 0.15) is 5.75 Å². The van der Waals surface area contributed by atoms with Crippen molar-refractivity contribution < 1.29 is 24.1 Å². The number of anilines is 1. The second kappa shape index (κ2) is 8.61. The zero-order valence-corrected chi connectivity index (χ0v) is 14.6. The van der Waals surface area contributed by atoms with Crippen LogP contribution in [0, 0.1) is 20.2 Å². The molecule has 0 radical (unpaired) electrons. The number of aryl methyl sites for hydroxylation is 1. The van der Waals surface area contributed by atoms with E-state index in [9.17, 15) is 25.0 Å². The van der Waals surface area contributed by atoms with Gasteiger partial charge in [-0.2, -0.15) is 0 Å². The number of nitrogens with zero attached hydrogens (tertiary/aromatic N) is 2. The van der Waals surface area contributed by atoms with E-state index in [-0.39, 0.29) is 12.3 Å². The molecule has 2 aromatic carbocycles. The number of amides is 1. The van der Waals surface area contributed by atoms with E-state index in [4.69, 9.17) is 9.47 Å². The van der Waals surface area contributed by atoms with Gasteiger partial charge in [-0.25, -0.2) is 0 Å². The van der Waals surface area contributed by atoms with Gasteiger partial charge in [-0.05, 0) is 24.1 Å². The van der Waals surface area contributed by atoms with Gasteiger partial charge in [0.05, 0.1) is 22.6 Å². The molecule has 0 heterocycles. The first-order chi connectivity index (χ1) is 12.8. The lowest BCUT2D eigenvalue weighted by Crippen LogP contribution is -2.20. The third kappa shape index (κ3) is 4.91. The van der Waals surface area contributed by atoms with Crippen LogP contribution in [-0.2, 0) is 11.2 Å². The summed E-state index contributed by atoms with van der Waals surface area (Å²) >= 11 is 0. The maximum absolute atomic E-state index is 12.0. The van der Waals surface area contributed by atoms with Crippen LogP contribution in [0.2, 0.25) is 0 Å². The van der Waals surface area contributed by atoms with Gasteiger partial charge < -0.3 is 14.8 Å². The number of nitrogens with one attached hydrogen (secondary N) is 1. The predicted molar refractivity (Wildman–Crippen MR) is 96.2 cm³/mol. The van der Waals surface area contributed by atoms with Crippen LogP contribution < -0.4 is 14.8 Å². The van der Waals surface area contributed by atoms with E-state index in [1.54, 1.807) is 12.1 Å². The van der Waals surface area contributed by atoms with Gasteiger partial charge in [-0.15, -0.1) is 0 Å². The Kier molecular flexibility index (Phi) is 6.26. The molecule has 2 aromatic rings. The van der Waals surface area contributed by atoms with Crippen molar-refractivity contribution >= 4 is 23.0 Å². The smallest absolute Gasteiger partial charge is 0.320 e. The Hall–Kier alpha value is -3.69. The number of methoxy groups -OCH3 is 1. The van der Waals surface area contributed by atoms with Crippen LogP contribution in [0.5, 0.6) is 11.5 Å². The topological polar surface area (TPSA) is 134 Å². The van der Waals surface area contributed by atoms with Crippen LogP contribution in [0.25, 0.3) is 0 Å². The number of carbonyl (C=O) groups excluding carboxylic acids is 1. The first kappa shape index (κ1) is 19.6. The van der Waals surface area contributed by atoms with Crippen molar-refractivity contribution in [3.8, 4) is 11.5 Å². The molecule has 0 saturated carbocycles. The van der Waals surface area contributed by atoms with Gasteiger partial charge in [0.15, 0.2) is 6.61 Å². The number of benzene rings is 2. The fourth-order valence-corrected chi connectivity index (χ4v) is 2.32. The molecule has 0 atom stereocenters. The number of hydrogen-bond donors (Lipinski definition) is 1. The van der Waals surface area contributed by atoms with Crippen molar-refractivity contribution in [2.45, 2.75) is 13.3 Å². The zero-order valence-electron chi connectivity index (χ0n) is 14.6. The van der Waals surface area contributed by atoms with Crippen LogP contribution in [0.4, 0.5) is 17.1 Å². The molecule has 10 heteroatoms. The Labute approximate surface area is 154 Å². The summed E-state index contributed by atoms with van der Waals surface area (Å²) < 4.78 is 10.1. The fraction of sp³-hybridized carbons (Fsp3) is 0.235. The first-order valence-corrected chi connectivity index (χ1v) is 7.88. The van der Waals surface area contributed by atoms with Crippen molar-refractivity contribution in [2.24, 2.45) is 0 Å². The van der Waals surface area contributed by atoms with Crippen molar-refractivity contribution in [1.29, 1.82) is 0 Å². The minimum absolute atomic E-state index is 0.107. The molecule has 0 saturated heterocycles. The number of nitro benzene ring substituents is 2. The zero-order chi connectivity index (χ0) is 20.0. The molecule has 0 aliphatic rings. The van der Waals surface area contributed by atoms with E-state index in [0.717, 1.165) is 31.2 Å². The lowest BCUT2D eigenvalue weighted by molar-refractivity contribution is -0.395. The quantitative estimate of drug-likeness (QED) is 0.553. The number of nitro groups is 2. The Bertz CT molecular complexity index is 830. The van der Waals surface area contributed by atoms with Crippen LogP contribution in [0.3, 0.4) is 0 Å². The summed E-state index contributed by atoms with van der Waals surface area (Å²) in [5.74, 6) is -0.632. The van der Waals surface area contributed by atoms with Crippen LogP contribution in [0.15, 0.2) is 36.4 Å². The minimum Gasteiger partial charge on any atom is -0.485 e. The summed E-state index contributed by atoms with van der Waals surface area (Å²) in [6.07, 6.45) is 0.871. The third-order valence-corrected chi connectivity index (χ3v) is 3.63. The molecule has 0 aliphatic heterocycles. The molecule has 10 nitrogen and oxygen atoms in total. The van der Waals surface area contributed by atoms with Crippen molar-refractivity contribution in [3.63, 3.8) is 0 Å². The molecule has 1 amide bonds. The molecule has 2 rings (SSSR count). The van der Waals surface area contributed by atoms with Gasteiger partial charge in [-0.3, -0.25) is 25.0 Å². The Morgan fingerprint density at radius 3 is 2.07 bits per heavy atom. The number of hydrogen-bond acceptors (Lipinski definition) is 7. The first-order valence-electron chi connectivity index (χ1n) is 7.88. The Morgan fingerprint density at radius 2 is 1.63 bits per heavy atom. The lowest BCUT2D eigenvalue weighted by atomic mass is 10.2. The average Bonchev–Trinajstić information content (AvgIpc) is 2.65. The predicted octanol–water partition coefficient (Wildman–Crippen LogP) is 3.09. The summed E-state index contributed by atoms with van der Waals surface area (Å²) in [6, 6.07) is 9.14. The Balaban J connectivity index is 2.14. The van der Waals surface area contributed by atoms with E-state index in [1.807, 2.05) is 19.1 Å². The summed E-state index contributed by atoms with van der Waals surface area (Å²) in [5.41, 5.74) is -0.245. The maximum Gasteiger partial charge on any atom is 0.320 e. The molecule has 0 unspecified atom stereocenters. The Morgan fingerprint density at radius 1 is 1.07 bits per heavy atom. The SMILES string of the molecule is CCc1ccc(OCC(=O)Nc2cc([N+](=O)[O-])c(OC)c([N+](=O)[O-])c2)cc1. The molecule has 0 spiro atoms. The van der Waals surface area contributed by atoms with E-state index < -0.39 is 32.9 Å². The van der Waals surface area contributed by atoms with E-state index in [1.165, 1.54) is 0 Å². The standard InChI is InChI=1S/C17H17N3O7/c1-3-11-4-6-13(7-5-11)27-10-16(21)18-12-8-14(19(22)23)17(26-2)15(9-12)20(24)25/h4-9H,3,10H2,1-2H3,(H,18,21). The molecule has 142 valence electrons. The molecule has 0 aromatic heterocycles. The highest BCUT2D eigenvalue weighted by Crippen LogP contribution is 2.39. The average molecular weight is 375 g/mol. The largest absolute Gasteiger partial charge is 0.485 e. The second-order valence-corrected chi connectivity index (χ2v) is 5.40. The lowest BCUT2D eigenvalue weighted by Gasteiger charge is -2.09. The second-order valence-electron chi connectivity index (χ2n) is 5.40. The van der Waals surface area contributed by atoms with E-state index in [2.05, 4.69) is 5.32 Å². The van der Waals surface area contributed by atoms with Crippen LogP contribution in [-0.4, -0.2) is 29.5 Å². The fourth-order valence-electron chi connectivity index (χ4n) is 2.32. The number of carbonyl (C=O) groups is 1. The van der Waals surface area contributed by atoms with Crippen molar-refractivity contribution in [2.75, 3.05) is 19.0 Å². The van der Waals surface area contributed by atoms with Crippen molar-refractivity contribution in [3.05, 3.63) is 62.2 Å². The summed E-state index contributed by atoms with van der Waals surface area (Å²) in [7, 11) is 1.09. The molecule has 27 heavy (non-hydrogen) atoms.